The van der Waals surface area contributed by atoms with Crippen LogP contribution in [0.1, 0.15) is 12.0 Å². The van der Waals surface area contributed by atoms with Crippen molar-refractivity contribution in [3.63, 3.8) is 0 Å². The van der Waals surface area contributed by atoms with Crippen LogP contribution in [0.15, 0.2) is 60.2 Å². The summed E-state index contributed by atoms with van der Waals surface area (Å²) in [6.45, 7) is 2.46. The maximum atomic E-state index is 5.41. The highest BCUT2D eigenvalue weighted by Crippen LogP contribution is 2.30. The van der Waals surface area contributed by atoms with Crippen LogP contribution in [0, 0.1) is 0 Å². The largest absolute Gasteiger partial charge is 0.497 e. The average molecular weight is 563 g/mol. The minimum absolute atomic E-state index is 0. The number of nitrogens with one attached hydrogen (secondary N) is 2. The molecule has 176 valence electrons. The van der Waals surface area contributed by atoms with Crippen molar-refractivity contribution in [1.82, 2.24) is 25.2 Å². The molecule has 10 heteroatoms. The fourth-order valence-electron chi connectivity index (χ4n) is 3.73. The fraction of sp³-hybridized carbons (Fsp3) is 0.348. The van der Waals surface area contributed by atoms with E-state index in [0.717, 1.165) is 54.0 Å². The molecule has 1 aliphatic rings. The number of aliphatic imine (C=N–C) groups is 1. The number of anilines is 1. The van der Waals surface area contributed by atoms with Crippen molar-refractivity contribution < 1.29 is 9.47 Å². The van der Waals surface area contributed by atoms with Crippen LogP contribution in [0.25, 0.3) is 5.82 Å². The number of hydrogen-bond donors (Lipinski definition) is 2. The van der Waals surface area contributed by atoms with Crippen molar-refractivity contribution in [3.8, 4) is 17.3 Å². The first kappa shape index (κ1) is 24.6. The molecule has 0 spiro atoms. The lowest BCUT2D eigenvalue weighted by Crippen LogP contribution is -2.44. The van der Waals surface area contributed by atoms with E-state index in [0.29, 0.717) is 12.6 Å². The van der Waals surface area contributed by atoms with Gasteiger partial charge in [0.05, 0.1) is 14.2 Å². The summed E-state index contributed by atoms with van der Waals surface area (Å²) in [5, 5.41) is 6.91. The standard InChI is InChI=1S/C23H29N7O2.HI/c1-24-23(27-14-17-4-5-22(26-13-17)30-9-7-25-16-30)28-18-6-8-29(15-18)19-10-20(31-2)12-21(11-19)32-3;/h4-5,7,9-13,16,18H,6,8,14-15H2,1-3H3,(H2,24,27,28);1H. The topological polar surface area (TPSA) is 88.8 Å². The Hall–Kier alpha value is -3.02. The van der Waals surface area contributed by atoms with Crippen molar-refractivity contribution in [2.45, 2.75) is 19.0 Å². The normalized spacial score (nSPS) is 15.7. The van der Waals surface area contributed by atoms with Crippen LogP contribution >= 0.6 is 24.0 Å². The Kier molecular flexibility index (Phi) is 8.75. The Bertz CT molecular complexity index is 1020. The van der Waals surface area contributed by atoms with Gasteiger partial charge in [-0.2, -0.15) is 0 Å². The summed E-state index contributed by atoms with van der Waals surface area (Å²) in [4.78, 5) is 15.3. The molecule has 0 bridgehead atoms. The van der Waals surface area contributed by atoms with Crippen LogP contribution < -0.4 is 25.0 Å². The second-order valence-corrected chi connectivity index (χ2v) is 7.57. The van der Waals surface area contributed by atoms with E-state index in [2.05, 4.69) is 36.6 Å². The molecule has 3 heterocycles. The maximum absolute atomic E-state index is 5.41. The van der Waals surface area contributed by atoms with E-state index in [1.165, 1.54) is 0 Å². The Morgan fingerprint density at radius 3 is 2.58 bits per heavy atom. The van der Waals surface area contributed by atoms with Gasteiger partial charge in [0, 0.05) is 75.2 Å². The minimum Gasteiger partial charge on any atom is -0.497 e. The van der Waals surface area contributed by atoms with E-state index in [9.17, 15) is 0 Å². The number of nitrogens with zero attached hydrogens (tertiary/aromatic N) is 5. The Labute approximate surface area is 211 Å². The quantitative estimate of drug-likeness (QED) is 0.260. The number of aromatic nitrogens is 3. The zero-order valence-electron chi connectivity index (χ0n) is 19.1. The lowest BCUT2D eigenvalue weighted by Gasteiger charge is -2.21. The third kappa shape index (κ3) is 6.28. The molecule has 0 saturated carbocycles. The minimum atomic E-state index is 0. The molecular formula is C23H30IN7O2. The molecule has 0 amide bonds. The molecule has 1 fully saturated rings. The van der Waals surface area contributed by atoms with Crippen LogP contribution in [0.3, 0.4) is 0 Å². The first-order chi connectivity index (χ1) is 15.7. The first-order valence-corrected chi connectivity index (χ1v) is 10.6. The molecule has 33 heavy (non-hydrogen) atoms. The molecule has 9 nitrogen and oxygen atoms in total. The van der Waals surface area contributed by atoms with Crippen LogP contribution in [0.2, 0.25) is 0 Å². The third-order valence-corrected chi connectivity index (χ3v) is 5.49. The van der Waals surface area contributed by atoms with Crippen LogP contribution in [-0.4, -0.2) is 60.9 Å². The van der Waals surface area contributed by atoms with Gasteiger partial charge in [-0.25, -0.2) is 9.97 Å². The van der Waals surface area contributed by atoms with Crippen LogP contribution in [-0.2, 0) is 6.54 Å². The number of ether oxygens (including phenoxy) is 2. The Morgan fingerprint density at radius 2 is 1.97 bits per heavy atom. The summed E-state index contributed by atoms with van der Waals surface area (Å²) in [7, 11) is 5.13. The van der Waals surface area contributed by atoms with Crippen LogP contribution in [0.4, 0.5) is 5.69 Å². The van der Waals surface area contributed by atoms with Crippen molar-refractivity contribution in [2.75, 3.05) is 39.3 Å². The van der Waals surface area contributed by atoms with Crippen molar-refractivity contribution >= 4 is 35.6 Å². The number of guanidine groups is 1. The van der Waals surface area contributed by atoms with Crippen molar-refractivity contribution in [3.05, 3.63) is 60.8 Å². The summed E-state index contributed by atoms with van der Waals surface area (Å²) in [5.74, 6) is 3.20. The average Bonchev–Trinajstić information content (AvgIpc) is 3.54. The van der Waals surface area contributed by atoms with Gasteiger partial charge in [-0.15, -0.1) is 24.0 Å². The van der Waals surface area contributed by atoms with Gasteiger partial charge < -0.3 is 25.0 Å². The molecule has 1 saturated heterocycles. The zero-order chi connectivity index (χ0) is 22.3. The molecular weight excluding hydrogens is 533 g/mol. The number of hydrogen-bond acceptors (Lipinski definition) is 6. The van der Waals surface area contributed by atoms with E-state index >= 15 is 0 Å². The highest BCUT2D eigenvalue weighted by Gasteiger charge is 2.24. The maximum Gasteiger partial charge on any atom is 0.191 e. The van der Waals surface area contributed by atoms with E-state index < -0.39 is 0 Å². The molecule has 3 aromatic rings. The molecule has 2 N–H and O–H groups in total. The van der Waals surface area contributed by atoms with Gasteiger partial charge >= 0.3 is 0 Å². The van der Waals surface area contributed by atoms with Gasteiger partial charge in [-0.1, -0.05) is 6.07 Å². The van der Waals surface area contributed by atoms with E-state index in [1.807, 2.05) is 41.2 Å². The number of benzene rings is 1. The lowest BCUT2D eigenvalue weighted by molar-refractivity contribution is 0.394. The Morgan fingerprint density at radius 1 is 1.18 bits per heavy atom. The Balaban J connectivity index is 0.00000306. The summed E-state index contributed by atoms with van der Waals surface area (Å²) in [6.07, 6.45) is 8.23. The highest BCUT2D eigenvalue weighted by atomic mass is 127. The number of pyridine rings is 1. The molecule has 1 unspecified atom stereocenters. The molecule has 0 aliphatic carbocycles. The summed E-state index contributed by atoms with van der Waals surface area (Å²) < 4.78 is 12.7. The summed E-state index contributed by atoms with van der Waals surface area (Å²) in [5.41, 5.74) is 2.17. The van der Waals surface area contributed by atoms with E-state index in [-0.39, 0.29) is 24.0 Å². The molecule has 0 radical (unpaired) electrons. The molecule has 1 aliphatic heterocycles. The molecule has 1 aromatic carbocycles. The van der Waals surface area contributed by atoms with Gasteiger partial charge in [0.25, 0.3) is 0 Å². The SMILES string of the molecule is CN=C(NCc1ccc(-n2ccnc2)nc1)NC1CCN(c2cc(OC)cc(OC)c2)C1.I. The second-order valence-electron chi connectivity index (χ2n) is 7.57. The second kappa shape index (κ2) is 11.7. The number of rotatable bonds is 7. The van der Waals surface area contributed by atoms with Gasteiger partial charge in [-0.05, 0) is 18.1 Å². The zero-order valence-corrected chi connectivity index (χ0v) is 21.4. The van der Waals surface area contributed by atoms with E-state index in [1.54, 1.807) is 33.8 Å². The first-order valence-electron chi connectivity index (χ1n) is 10.6. The summed E-state index contributed by atoms with van der Waals surface area (Å²) >= 11 is 0. The fourth-order valence-corrected chi connectivity index (χ4v) is 3.73. The smallest absolute Gasteiger partial charge is 0.191 e. The van der Waals surface area contributed by atoms with Crippen LogP contribution in [0.5, 0.6) is 11.5 Å². The number of imidazole rings is 1. The van der Waals surface area contributed by atoms with E-state index in [4.69, 9.17) is 9.47 Å². The lowest BCUT2D eigenvalue weighted by atomic mass is 10.2. The monoisotopic (exact) mass is 563 g/mol. The highest BCUT2D eigenvalue weighted by molar-refractivity contribution is 14.0. The van der Waals surface area contributed by atoms with Gasteiger partial charge in [0.15, 0.2) is 5.96 Å². The van der Waals surface area contributed by atoms with Crippen molar-refractivity contribution in [2.24, 2.45) is 4.99 Å². The van der Waals surface area contributed by atoms with Crippen molar-refractivity contribution in [1.29, 1.82) is 0 Å². The molecule has 4 rings (SSSR count). The van der Waals surface area contributed by atoms with Gasteiger partial charge in [0.1, 0.15) is 23.6 Å². The third-order valence-electron chi connectivity index (χ3n) is 5.49. The molecule has 2 aromatic heterocycles. The predicted octanol–water partition coefficient (Wildman–Crippen LogP) is 2.85. The van der Waals surface area contributed by atoms with Gasteiger partial charge in [0.2, 0.25) is 0 Å². The number of methoxy groups -OCH3 is 2. The number of halogens is 1. The molecule has 1 atom stereocenters. The van der Waals surface area contributed by atoms with Gasteiger partial charge in [-0.3, -0.25) is 9.56 Å². The summed E-state index contributed by atoms with van der Waals surface area (Å²) in [6, 6.07) is 10.3. The predicted molar refractivity (Wildman–Crippen MR) is 140 cm³/mol.